The maximum atomic E-state index is 12.8. The molecule has 0 atom stereocenters. The summed E-state index contributed by atoms with van der Waals surface area (Å²) in [4.78, 5) is 43.8. The lowest BCUT2D eigenvalue weighted by Crippen LogP contribution is -2.51. The van der Waals surface area contributed by atoms with E-state index in [1.807, 2.05) is 29.2 Å². The average molecular weight is 497 g/mol. The van der Waals surface area contributed by atoms with Crippen molar-refractivity contribution >= 4 is 34.6 Å². The summed E-state index contributed by atoms with van der Waals surface area (Å²) in [5.41, 5.74) is 2.45. The van der Waals surface area contributed by atoms with Crippen LogP contribution < -0.4 is 15.1 Å². The van der Waals surface area contributed by atoms with Crippen LogP contribution in [0.4, 0.5) is 22.7 Å². The first kappa shape index (κ1) is 25.4. The zero-order valence-corrected chi connectivity index (χ0v) is 20.5. The lowest BCUT2D eigenvalue weighted by atomic mass is 10.2. The van der Waals surface area contributed by atoms with Crippen LogP contribution in [0.3, 0.4) is 0 Å². The third-order valence-electron chi connectivity index (χ3n) is 6.40. The van der Waals surface area contributed by atoms with Crippen molar-refractivity contribution in [3.63, 3.8) is 0 Å². The Labute approximate surface area is 210 Å². The summed E-state index contributed by atoms with van der Waals surface area (Å²) in [5, 5.41) is 14.2. The Morgan fingerprint density at radius 2 is 1.61 bits per heavy atom. The van der Waals surface area contributed by atoms with E-state index in [4.69, 9.17) is 4.74 Å². The Hall–Kier alpha value is -3.70. The molecule has 0 spiro atoms. The molecule has 11 nitrogen and oxygen atoms in total. The van der Waals surface area contributed by atoms with Gasteiger partial charge in [-0.1, -0.05) is 12.1 Å². The number of nitrogens with one attached hydrogen (secondary N) is 1. The van der Waals surface area contributed by atoms with E-state index in [9.17, 15) is 19.7 Å². The molecule has 36 heavy (non-hydrogen) atoms. The van der Waals surface area contributed by atoms with E-state index in [-0.39, 0.29) is 35.5 Å². The van der Waals surface area contributed by atoms with Crippen molar-refractivity contribution in [1.82, 2.24) is 9.80 Å². The monoisotopic (exact) mass is 496 g/mol. The van der Waals surface area contributed by atoms with E-state index in [1.54, 1.807) is 35.0 Å². The maximum absolute atomic E-state index is 12.8. The highest BCUT2D eigenvalue weighted by atomic mass is 16.6. The lowest BCUT2D eigenvalue weighted by Gasteiger charge is -2.36. The molecule has 0 unspecified atom stereocenters. The van der Waals surface area contributed by atoms with Crippen LogP contribution in [-0.2, 0) is 14.3 Å². The number of piperazine rings is 1. The fraction of sp³-hybridized carbons (Fsp3) is 0.440. The van der Waals surface area contributed by atoms with Gasteiger partial charge in [-0.3, -0.25) is 24.6 Å². The molecule has 0 aliphatic carbocycles. The molecule has 2 fully saturated rings. The predicted molar refractivity (Wildman–Crippen MR) is 137 cm³/mol. The zero-order chi connectivity index (χ0) is 25.5. The lowest BCUT2D eigenvalue weighted by molar-refractivity contribution is -0.384. The summed E-state index contributed by atoms with van der Waals surface area (Å²) in [6.07, 6.45) is 0. The van der Waals surface area contributed by atoms with Crippen molar-refractivity contribution < 1.29 is 19.2 Å². The fourth-order valence-corrected chi connectivity index (χ4v) is 4.49. The number of benzene rings is 2. The average Bonchev–Trinajstić information content (AvgIpc) is 2.89. The van der Waals surface area contributed by atoms with Gasteiger partial charge in [-0.05, 0) is 37.4 Å². The van der Waals surface area contributed by atoms with Gasteiger partial charge in [0.1, 0.15) is 5.69 Å². The number of ether oxygens (including phenoxy) is 1. The molecule has 2 aliphatic heterocycles. The number of nitrogens with zero attached hydrogens (tertiary/aromatic N) is 5. The molecule has 2 saturated heterocycles. The first-order chi connectivity index (χ1) is 17.4. The molecule has 2 aromatic carbocycles. The number of carbonyl (C=O) groups is 2. The molecular weight excluding hydrogens is 464 g/mol. The number of amides is 2. The molecule has 2 aliphatic rings. The van der Waals surface area contributed by atoms with E-state index < -0.39 is 0 Å². The number of hydrogen-bond donors (Lipinski definition) is 1. The van der Waals surface area contributed by atoms with Crippen molar-refractivity contribution in [2.24, 2.45) is 0 Å². The summed E-state index contributed by atoms with van der Waals surface area (Å²) < 4.78 is 5.38. The minimum Gasteiger partial charge on any atom is -0.378 e. The number of para-hydroxylation sites is 2. The molecule has 2 amide bonds. The Morgan fingerprint density at radius 1 is 0.944 bits per heavy atom. The number of rotatable bonds is 8. The largest absolute Gasteiger partial charge is 0.378 e. The van der Waals surface area contributed by atoms with Crippen LogP contribution >= 0.6 is 0 Å². The van der Waals surface area contributed by atoms with E-state index >= 15 is 0 Å². The standard InChI is InChI=1S/C25H32N6O5/c1-27(18-24(32)26-20-6-8-21(9-7-20)28-14-16-36-17-15-28)19-25(33)30-12-10-29(11-13-30)22-4-2-3-5-23(22)31(34)35/h2-9H,10-19H2,1H3,(H,26,32). The molecule has 4 rings (SSSR count). The second kappa shape index (κ2) is 11.8. The van der Waals surface area contributed by atoms with Gasteiger partial charge in [-0.15, -0.1) is 0 Å². The Bertz CT molecular complexity index is 1060. The Morgan fingerprint density at radius 3 is 2.28 bits per heavy atom. The van der Waals surface area contributed by atoms with Gasteiger partial charge in [-0.25, -0.2) is 0 Å². The molecule has 1 N–H and O–H groups in total. The van der Waals surface area contributed by atoms with Gasteiger partial charge in [0.2, 0.25) is 11.8 Å². The molecule has 0 radical (unpaired) electrons. The van der Waals surface area contributed by atoms with Gasteiger partial charge in [0.25, 0.3) is 5.69 Å². The van der Waals surface area contributed by atoms with Crippen molar-refractivity contribution in [3.8, 4) is 0 Å². The summed E-state index contributed by atoms with van der Waals surface area (Å²) in [7, 11) is 1.74. The molecule has 2 heterocycles. The second-order valence-corrected chi connectivity index (χ2v) is 8.98. The third-order valence-corrected chi connectivity index (χ3v) is 6.40. The van der Waals surface area contributed by atoms with Crippen molar-refractivity contribution in [2.75, 3.05) is 87.7 Å². The van der Waals surface area contributed by atoms with Crippen LogP contribution in [0.25, 0.3) is 0 Å². The molecule has 192 valence electrons. The number of anilines is 3. The molecular formula is C25H32N6O5. The van der Waals surface area contributed by atoms with Gasteiger partial charge >= 0.3 is 0 Å². The van der Waals surface area contributed by atoms with Crippen molar-refractivity contribution in [3.05, 3.63) is 58.6 Å². The van der Waals surface area contributed by atoms with E-state index in [0.717, 1.165) is 32.0 Å². The number of nitro benzene ring substituents is 1. The van der Waals surface area contributed by atoms with Gasteiger partial charge in [0, 0.05) is 56.7 Å². The highest BCUT2D eigenvalue weighted by Gasteiger charge is 2.26. The SMILES string of the molecule is CN(CC(=O)Nc1ccc(N2CCOCC2)cc1)CC(=O)N1CCN(c2ccccc2[N+](=O)[O-])CC1. The molecule has 0 aromatic heterocycles. The highest BCUT2D eigenvalue weighted by molar-refractivity contribution is 5.92. The summed E-state index contributed by atoms with van der Waals surface area (Å²) in [6, 6.07) is 14.4. The quantitative estimate of drug-likeness (QED) is 0.434. The van der Waals surface area contributed by atoms with Crippen LogP contribution in [0.5, 0.6) is 0 Å². The Kier molecular flexibility index (Phi) is 8.34. The van der Waals surface area contributed by atoms with Gasteiger partial charge in [0.05, 0.1) is 31.2 Å². The van der Waals surface area contributed by atoms with E-state index in [0.29, 0.717) is 37.6 Å². The Balaban J connectivity index is 1.21. The van der Waals surface area contributed by atoms with Gasteiger partial charge in [0.15, 0.2) is 0 Å². The topological polar surface area (TPSA) is 112 Å². The number of hydrogen-bond acceptors (Lipinski definition) is 8. The summed E-state index contributed by atoms with van der Waals surface area (Å²) >= 11 is 0. The van der Waals surface area contributed by atoms with E-state index in [1.165, 1.54) is 6.07 Å². The summed E-state index contributed by atoms with van der Waals surface area (Å²) in [6.45, 7) is 5.33. The van der Waals surface area contributed by atoms with Gasteiger partial charge < -0.3 is 24.8 Å². The summed E-state index contributed by atoms with van der Waals surface area (Å²) in [5.74, 6) is -0.256. The molecule has 0 saturated carbocycles. The maximum Gasteiger partial charge on any atom is 0.292 e. The second-order valence-electron chi connectivity index (χ2n) is 8.98. The van der Waals surface area contributed by atoms with Crippen LogP contribution in [0.1, 0.15) is 0 Å². The zero-order valence-electron chi connectivity index (χ0n) is 20.5. The smallest absolute Gasteiger partial charge is 0.292 e. The van der Waals surface area contributed by atoms with Crippen LogP contribution in [0, 0.1) is 10.1 Å². The number of nitro groups is 1. The van der Waals surface area contributed by atoms with Crippen molar-refractivity contribution in [2.45, 2.75) is 0 Å². The molecule has 0 bridgehead atoms. The van der Waals surface area contributed by atoms with Crippen LogP contribution in [0.15, 0.2) is 48.5 Å². The minimum absolute atomic E-state index is 0.0672. The van der Waals surface area contributed by atoms with Crippen molar-refractivity contribution in [1.29, 1.82) is 0 Å². The predicted octanol–water partition coefficient (Wildman–Crippen LogP) is 1.65. The third kappa shape index (κ3) is 6.49. The first-order valence-corrected chi connectivity index (χ1v) is 12.1. The molecule has 11 heteroatoms. The fourth-order valence-electron chi connectivity index (χ4n) is 4.49. The van der Waals surface area contributed by atoms with Crippen LogP contribution in [0.2, 0.25) is 0 Å². The van der Waals surface area contributed by atoms with Crippen LogP contribution in [-0.4, -0.2) is 99.2 Å². The number of carbonyl (C=O) groups excluding carboxylic acids is 2. The normalized spacial score (nSPS) is 16.2. The van der Waals surface area contributed by atoms with Gasteiger partial charge in [-0.2, -0.15) is 0 Å². The minimum atomic E-state index is -0.384. The van der Waals surface area contributed by atoms with E-state index in [2.05, 4.69) is 10.2 Å². The number of likely N-dealkylation sites (N-methyl/N-ethyl adjacent to an activating group) is 1. The first-order valence-electron chi connectivity index (χ1n) is 12.1. The number of morpholine rings is 1. The molecule has 2 aromatic rings. The highest BCUT2D eigenvalue weighted by Crippen LogP contribution is 2.28.